The van der Waals surface area contributed by atoms with Crippen molar-refractivity contribution in [3.63, 3.8) is 0 Å². The monoisotopic (exact) mass is 276 g/mol. The Kier molecular flexibility index (Phi) is 3.94. The van der Waals surface area contributed by atoms with Crippen molar-refractivity contribution in [3.8, 4) is 0 Å². The molecule has 0 N–H and O–H groups in total. The number of hydrogen-bond acceptors (Lipinski definition) is 3. The van der Waals surface area contributed by atoms with Crippen molar-refractivity contribution in [1.82, 2.24) is 14.7 Å². The summed E-state index contributed by atoms with van der Waals surface area (Å²) in [5.74, 6) is 0.698. The zero-order chi connectivity index (χ0) is 13.9. The zero-order valence-corrected chi connectivity index (χ0v) is 12.3. The molecule has 1 amide bonds. The van der Waals surface area contributed by atoms with Crippen LogP contribution >= 0.6 is 0 Å². The van der Waals surface area contributed by atoms with Gasteiger partial charge in [-0.25, -0.2) is 0 Å². The van der Waals surface area contributed by atoms with Gasteiger partial charge in [0.2, 0.25) is 5.91 Å². The van der Waals surface area contributed by atoms with E-state index in [0.29, 0.717) is 11.8 Å². The van der Waals surface area contributed by atoms with Crippen LogP contribution in [0.5, 0.6) is 0 Å². The Hall–Kier alpha value is -1.52. The van der Waals surface area contributed by atoms with E-state index in [4.69, 9.17) is 0 Å². The first-order valence-electron chi connectivity index (χ1n) is 7.76. The zero-order valence-electron chi connectivity index (χ0n) is 12.3. The lowest BCUT2D eigenvalue weighted by Crippen LogP contribution is -2.50. The molecule has 110 valence electrons. The number of nitrogens with zero attached hydrogens (tertiary/aromatic N) is 4. The predicted octanol–water partition coefficient (Wildman–Crippen LogP) is 1.65. The normalized spacial score (nSPS) is 21.2. The number of piperazine rings is 1. The van der Waals surface area contributed by atoms with Crippen LogP contribution in [0.25, 0.3) is 0 Å². The minimum atomic E-state index is 0.300. The molecule has 5 heteroatoms. The first-order chi connectivity index (χ1) is 9.74. The molecule has 0 radical (unpaired) electrons. The summed E-state index contributed by atoms with van der Waals surface area (Å²) in [6.45, 7) is 3.54. The Bertz CT molecular complexity index is 456. The summed E-state index contributed by atoms with van der Waals surface area (Å²) < 4.78 is 1.83. The molecule has 2 fully saturated rings. The molecule has 0 bridgehead atoms. The van der Waals surface area contributed by atoms with E-state index in [9.17, 15) is 4.79 Å². The third-order valence-electron chi connectivity index (χ3n) is 4.60. The van der Waals surface area contributed by atoms with Gasteiger partial charge in [-0.3, -0.25) is 9.48 Å². The number of rotatable bonds is 2. The molecule has 1 aromatic heterocycles. The molecule has 3 rings (SSSR count). The number of amides is 1. The van der Waals surface area contributed by atoms with Crippen molar-refractivity contribution in [2.45, 2.75) is 32.1 Å². The third-order valence-corrected chi connectivity index (χ3v) is 4.60. The lowest BCUT2D eigenvalue weighted by Gasteiger charge is -2.37. The fourth-order valence-corrected chi connectivity index (χ4v) is 3.36. The molecular formula is C15H24N4O. The van der Waals surface area contributed by atoms with Gasteiger partial charge in [-0.1, -0.05) is 19.3 Å². The second-order valence-corrected chi connectivity index (χ2v) is 6.02. The summed E-state index contributed by atoms with van der Waals surface area (Å²) in [7, 11) is 1.94. The van der Waals surface area contributed by atoms with Crippen LogP contribution in [0.3, 0.4) is 0 Å². The Morgan fingerprint density at radius 2 is 1.85 bits per heavy atom. The minimum absolute atomic E-state index is 0.300. The summed E-state index contributed by atoms with van der Waals surface area (Å²) in [4.78, 5) is 16.9. The van der Waals surface area contributed by atoms with Crippen molar-refractivity contribution >= 4 is 11.6 Å². The lowest BCUT2D eigenvalue weighted by molar-refractivity contribution is -0.136. The van der Waals surface area contributed by atoms with E-state index in [2.05, 4.69) is 14.9 Å². The molecule has 0 unspecified atom stereocenters. The van der Waals surface area contributed by atoms with Crippen molar-refractivity contribution in [2.75, 3.05) is 31.1 Å². The van der Waals surface area contributed by atoms with Gasteiger partial charge in [0.15, 0.2) is 0 Å². The largest absolute Gasteiger partial charge is 0.365 e. The Morgan fingerprint density at radius 3 is 2.45 bits per heavy atom. The standard InChI is InChI=1S/C15H24N4O/c1-17-12-14(11-16-17)18-7-9-19(10-8-18)15(20)13-5-3-2-4-6-13/h11-13H,2-10H2,1H3. The summed E-state index contributed by atoms with van der Waals surface area (Å²) in [5.41, 5.74) is 1.16. The highest BCUT2D eigenvalue weighted by Crippen LogP contribution is 2.26. The van der Waals surface area contributed by atoms with Crippen LogP contribution < -0.4 is 4.90 Å². The van der Waals surface area contributed by atoms with E-state index in [1.165, 1.54) is 19.3 Å². The number of aromatic nitrogens is 2. The average Bonchev–Trinajstić information content (AvgIpc) is 2.94. The van der Waals surface area contributed by atoms with Crippen LogP contribution in [0.15, 0.2) is 12.4 Å². The van der Waals surface area contributed by atoms with E-state index >= 15 is 0 Å². The Morgan fingerprint density at radius 1 is 1.15 bits per heavy atom. The van der Waals surface area contributed by atoms with Gasteiger partial charge in [-0.05, 0) is 12.8 Å². The van der Waals surface area contributed by atoms with E-state index < -0.39 is 0 Å². The number of aryl methyl sites for hydroxylation is 1. The van der Waals surface area contributed by atoms with Gasteiger partial charge < -0.3 is 9.80 Å². The summed E-state index contributed by atoms with van der Waals surface area (Å²) in [6, 6.07) is 0. The molecule has 1 saturated carbocycles. The van der Waals surface area contributed by atoms with E-state index in [1.54, 1.807) is 0 Å². The Balaban J connectivity index is 1.54. The predicted molar refractivity (Wildman–Crippen MR) is 78.6 cm³/mol. The van der Waals surface area contributed by atoms with Gasteiger partial charge in [0.05, 0.1) is 11.9 Å². The smallest absolute Gasteiger partial charge is 0.225 e. The van der Waals surface area contributed by atoms with Crippen molar-refractivity contribution in [3.05, 3.63) is 12.4 Å². The van der Waals surface area contributed by atoms with Crippen LogP contribution in [0, 0.1) is 5.92 Å². The van der Waals surface area contributed by atoms with Gasteiger partial charge in [0, 0.05) is 45.3 Å². The van der Waals surface area contributed by atoms with Crippen molar-refractivity contribution in [2.24, 2.45) is 13.0 Å². The molecule has 0 atom stereocenters. The second-order valence-electron chi connectivity index (χ2n) is 6.02. The SMILES string of the molecule is Cn1cc(N2CCN(C(=O)C3CCCCC3)CC2)cn1. The maximum Gasteiger partial charge on any atom is 0.225 e. The minimum Gasteiger partial charge on any atom is -0.365 e. The molecule has 0 aromatic carbocycles. The van der Waals surface area contributed by atoms with Gasteiger partial charge in [0.1, 0.15) is 0 Å². The molecule has 5 nitrogen and oxygen atoms in total. The maximum absolute atomic E-state index is 12.5. The topological polar surface area (TPSA) is 41.4 Å². The highest BCUT2D eigenvalue weighted by molar-refractivity contribution is 5.79. The van der Waals surface area contributed by atoms with Crippen LogP contribution in [0.4, 0.5) is 5.69 Å². The van der Waals surface area contributed by atoms with Gasteiger partial charge >= 0.3 is 0 Å². The third kappa shape index (κ3) is 2.81. The molecule has 1 aliphatic heterocycles. The van der Waals surface area contributed by atoms with Crippen LogP contribution in [-0.4, -0.2) is 46.8 Å². The molecule has 2 aliphatic rings. The molecule has 0 spiro atoms. The molecule has 1 aromatic rings. The number of carbonyl (C=O) groups excluding carboxylic acids is 1. The van der Waals surface area contributed by atoms with E-state index in [1.807, 2.05) is 24.1 Å². The first-order valence-corrected chi connectivity index (χ1v) is 7.76. The second kappa shape index (κ2) is 5.85. The highest BCUT2D eigenvalue weighted by atomic mass is 16.2. The van der Waals surface area contributed by atoms with Crippen LogP contribution in [0.2, 0.25) is 0 Å². The summed E-state index contributed by atoms with van der Waals surface area (Å²) in [6.07, 6.45) is 9.90. The van der Waals surface area contributed by atoms with E-state index in [-0.39, 0.29) is 0 Å². The lowest BCUT2D eigenvalue weighted by atomic mass is 9.88. The average molecular weight is 276 g/mol. The van der Waals surface area contributed by atoms with Crippen molar-refractivity contribution in [1.29, 1.82) is 0 Å². The summed E-state index contributed by atoms with van der Waals surface area (Å²) >= 11 is 0. The van der Waals surface area contributed by atoms with Crippen molar-refractivity contribution < 1.29 is 4.79 Å². The molecule has 1 saturated heterocycles. The summed E-state index contributed by atoms with van der Waals surface area (Å²) in [5, 5.41) is 4.21. The van der Waals surface area contributed by atoms with Crippen LogP contribution in [0.1, 0.15) is 32.1 Å². The fraction of sp³-hybridized carbons (Fsp3) is 0.733. The number of carbonyl (C=O) groups is 1. The Labute approximate surface area is 120 Å². The van der Waals surface area contributed by atoms with Gasteiger partial charge in [-0.15, -0.1) is 0 Å². The van der Waals surface area contributed by atoms with Crippen LogP contribution in [-0.2, 0) is 11.8 Å². The number of anilines is 1. The molecule has 1 aliphatic carbocycles. The number of hydrogen-bond donors (Lipinski definition) is 0. The molecule has 20 heavy (non-hydrogen) atoms. The fourth-order valence-electron chi connectivity index (χ4n) is 3.36. The molecular weight excluding hydrogens is 252 g/mol. The van der Waals surface area contributed by atoms with Gasteiger partial charge in [-0.2, -0.15) is 5.10 Å². The molecule has 2 heterocycles. The van der Waals surface area contributed by atoms with E-state index in [0.717, 1.165) is 44.7 Å². The maximum atomic E-state index is 12.5. The first kappa shape index (κ1) is 13.5. The highest BCUT2D eigenvalue weighted by Gasteiger charge is 2.28. The quantitative estimate of drug-likeness (QED) is 0.825. The van der Waals surface area contributed by atoms with Gasteiger partial charge in [0.25, 0.3) is 0 Å².